The lowest BCUT2D eigenvalue weighted by molar-refractivity contribution is 0.104. The van der Waals surface area contributed by atoms with Crippen LogP contribution in [0.15, 0.2) is 0 Å². The van der Waals surface area contributed by atoms with Crippen molar-refractivity contribution in [1.82, 2.24) is 10.6 Å². The fourth-order valence-electron chi connectivity index (χ4n) is 1.79. The van der Waals surface area contributed by atoms with E-state index in [9.17, 15) is 0 Å². The lowest BCUT2D eigenvalue weighted by Crippen LogP contribution is -2.40. The summed E-state index contributed by atoms with van der Waals surface area (Å²) in [6.07, 6.45) is 4.18. The molecule has 0 spiro atoms. The van der Waals surface area contributed by atoms with Crippen LogP contribution in [0.5, 0.6) is 0 Å². The molecule has 0 aromatic rings. The first-order chi connectivity index (χ1) is 7.08. The molecular weight excluding hydrogens is 188 g/mol. The lowest BCUT2D eigenvalue weighted by Gasteiger charge is -2.20. The van der Waals surface area contributed by atoms with Crippen LogP contribution in [0, 0.1) is 0 Å². The fraction of sp³-hybridized carbons (Fsp3) is 1.00. The van der Waals surface area contributed by atoms with Crippen molar-refractivity contribution >= 4 is 0 Å². The lowest BCUT2D eigenvalue weighted by atomic mass is 10.1. The van der Waals surface area contributed by atoms with Crippen LogP contribution < -0.4 is 10.6 Å². The topological polar surface area (TPSA) is 33.3 Å². The summed E-state index contributed by atoms with van der Waals surface area (Å²) >= 11 is 0. The molecule has 90 valence electrons. The highest BCUT2D eigenvalue weighted by molar-refractivity contribution is 4.71. The Morgan fingerprint density at radius 2 is 2.00 bits per heavy atom. The first-order valence-electron chi connectivity index (χ1n) is 6.15. The molecule has 0 amide bonds. The van der Waals surface area contributed by atoms with Crippen LogP contribution in [0.4, 0.5) is 0 Å². The zero-order chi connectivity index (χ0) is 11.1. The first kappa shape index (κ1) is 12.9. The van der Waals surface area contributed by atoms with Gasteiger partial charge in [-0.25, -0.2) is 0 Å². The van der Waals surface area contributed by atoms with Crippen molar-refractivity contribution in [2.24, 2.45) is 0 Å². The SMILES string of the molecule is CC(C)(C)NCCNCCC1CCCO1. The Kier molecular flexibility index (Phi) is 5.58. The van der Waals surface area contributed by atoms with Gasteiger partial charge in [-0.3, -0.25) is 0 Å². The summed E-state index contributed by atoms with van der Waals surface area (Å²) in [6.45, 7) is 10.7. The fourth-order valence-corrected chi connectivity index (χ4v) is 1.79. The Bertz CT molecular complexity index is 159. The van der Waals surface area contributed by atoms with E-state index in [-0.39, 0.29) is 5.54 Å². The molecule has 1 aliphatic rings. The van der Waals surface area contributed by atoms with E-state index in [0.717, 1.165) is 32.7 Å². The number of hydrogen-bond donors (Lipinski definition) is 2. The highest BCUT2D eigenvalue weighted by Crippen LogP contribution is 2.14. The second kappa shape index (κ2) is 6.46. The minimum atomic E-state index is 0.232. The van der Waals surface area contributed by atoms with E-state index < -0.39 is 0 Å². The maximum Gasteiger partial charge on any atom is 0.0588 e. The largest absolute Gasteiger partial charge is 0.378 e. The van der Waals surface area contributed by atoms with Gasteiger partial charge in [-0.1, -0.05) is 0 Å². The highest BCUT2D eigenvalue weighted by Gasteiger charge is 2.14. The summed E-state index contributed by atoms with van der Waals surface area (Å²) in [6, 6.07) is 0. The van der Waals surface area contributed by atoms with Crippen LogP contribution in [0.3, 0.4) is 0 Å². The van der Waals surface area contributed by atoms with E-state index in [0.29, 0.717) is 6.10 Å². The predicted molar refractivity (Wildman–Crippen MR) is 64.2 cm³/mol. The summed E-state index contributed by atoms with van der Waals surface area (Å²) in [7, 11) is 0. The zero-order valence-corrected chi connectivity index (χ0v) is 10.4. The maximum absolute atomic E-state index is 5.56. The van der Waals surface area contributed by atoms with Crippen molar-refractivity contribution < 1.29 is 4.74 Å². The molecule has 1 aliphatic heterocycles. The minimum Gasteiger partial charge on any atom is -0.378 e. The molecule has 2 N–H and O–H groups in total. The van der Waals surface area contributed by atoms with Gasteiger partial charge in [0.05, 0.1) is 6.10 Å². The van der Waals surface area contributed by atoms with Crippen molar-refractivity contribution in [2.45, 2.75) is 51.7 Å². The van der Waals surface area contributed by atoms with Gasteiger partial charge in [0.1, 0.15) is 0 Å². The Hall–Kier alpha value is -0.120. The van der Waals surface area contributed by atoms with E-state index in [4.69, 9.17) is 4.74 Å². The Morgan fingerprint density at radius 1 is 1.20 bits per heavy atom. The van der Waals surface area contributed by atoms with Gasteiger partial charge in [0.2, 0.25) is 0 Å². The number of nitrogens with one attached hydrogen (secondary N) is 2. The molecule has 1 rings (SSSR count). The highest BCUT2D eigenvalue weighted by atomic mass is 16.5. The van der Waals surface area contributed by atoms with Crippen LogP contribution in [-0.2, 0) is 4.74 Å². The van der Waals surface area contributed by atoms with Gasteiger partial charge in [-0.2, -0.15) is 0 Å². The zero-order valence-electron chi connectivity index (χ0n) is 10.4. The van der Waals surface area contributed by atoms with Gasteiger partial charge in [-0.05, 0) is 46.6 Å². The molecule has 3 heteroatoms. The van der Waals surface area contributed by atoms with Crippen molar-refractivity contribution in [1.29, 1.82) is 0 Å². The summed E-state index contributed by atoms with van der Waals surface area (Å²) < 4.78 is 5.56. The van der Waals surface area contributed by atoms with Crippen LogP contribution >= 0.6 is 0 Å². The van der Waals surface area contributed by atoms with Crippen LogP contribution in [0.25, 0.3) is 0 Å². The van der Waals surface area contributed by atoms with E-state index >= 15 is 0 Å². The van der Waals surface area contributed by atoms with Gasteiger partial charge < -0.3 is 15.4 Å². The Labute approximate surface area is 94.0 Å². The number of rotatable bonds is 6. The van der Waals surface area contributed by atoms with E-state index in [2.05, 4.69) is 31.4 Å². The normalized spacial score (nSPS) is 22.2. The van der Waals surface area contributed by atoms with Crippen LogP contribution in [-0.4, -0.2) is 37.9 Å². The molecular formula is C12H26N2O. The minimum absolute atomic E-state index is 0.232. The molecule has 0 saturated carbocycles. The van der Waals surface area contributed by atoms with Gasteiger partial charge in [-0.15, -0.1) is 0 Å². The van der Waals surface area contributed by atoms with Crippen molar-refractivity contribution in [3.8, 4) is 0 Å². The average molecular weight is 214 g/mol. The Balaban J connectivity index is 1.84. The maximum atomic E-state index is 5.56. The predicted octanol–water partition coefficient (Wildman–Crippen LogP) is 1.53. The molecule has 0 aromatic heterocycles. The first-order valence-corrected chi connectivity index (χ1v) is 6.15. The molecule has 1 fully saturated rings. The molecule has 15 heavy (non-hydrogen) atoms. The third kappa shape index (κ3) is 6.88. The molecule has 1 saturated heterocycles. The molecule has 3 nitrogen and oxygen atoms in total. The standard InChI is InChI=1S/C12H26N2O/c1-12(2,3)14-9-8-13-7-6-11-5-4-10-15-11/h11,13-14H,4-10H2,1-3H3. The van der Waals surface area contributed by atoms with E-state index in [1.165, 1.54) is 12.8 Å². The number of hydrogen-bond acceptors (Lipinski definition) is 3. The van der Waals surface area contributed by atoms with Gasteiger partial charge in [0.25, 0.3) is 0 Å². The third-order valence-corrected chi connectivity index (χ3v) is 2.62. The quantitative estimate of drug-likeness (QED) is 0.658. The summed E-state index contributed by atoms with van der Waals surface area (Å²) in [5, 5.41) is 6.90. The van der Waals surface area contributed by atoms with Gasteiger partial charge in [0.15, 0.2) is 0 Å². The summed E-state index contributed by atoms with van der Waals surface area (Å²) in [4.78, 5) is 0. The Morgan fingerprint density at radius 3 is 2.60 bits per heavy atom. The molecule has 0 aromatic carbocycles. The van der Waals surface area contributed by atoms with E-state index in [1.807, 2.05) is 0 Å². The second-order valence-corrected chi connectivity index (χ2v) is 5.35. The van der Waals surface area contributed by atoms with Gasteiger partial charge >= 0.3 is 0 Å². The molecule has 1 unspecified atom stereocenters. The second-order valence-electron chi connectivity index (χ2n) is 5.35. The van der Waals surface area contributed by atoms with Crippen LogP contribution in [0.2, 0.25) is 0 Å². The number of ether oxygens (including phenoxy) is 1. The summed E-state index contributed by atoms with van der Waals surface area (Å²) in [5.41, 5.74) is 0.232. The van der Waals surface area contributed by atoms with Gasteiger partial charge in [0, 0.05) is 25.2 Å². The molecule has 0 bridgehead atoms. The molecule has 0 radical (unpaired) electrons. The molecule has 1 heterocycles. The summed E-state index contributed by atoms with van der Waals surface area (Å²) in [5.74, 6) is 0. The molecule has 1 atom stereocenters. The van der Waals surface area contributed by atoms with E-state index in [1.54, 1.807) is 0 Å². The van der Waals surface area contributed by atoms with Crippen molar-refractivity contribution in [3.05, 3.63) is 0 Å². The average Bonchev–Trinajstić information content (AvgIpc) is 2.61. The van der Waals surface area contributed by atoms with Crippen molar-refractivity contribution in [2.75, 3.05) is 26.2 Å². The molecule has 0 aliphatic carbocycles. The third-order valence-electron chi connectivity index (χ3n) is 2.62. The smallest absolute Gasteiger partial charge is 0.0588 e. The van der Waals surface area contributed by atoms with Crippen molar-refractivity contribution in [3.63, 3.8) is 0 Å². The van der Waals surface area contributed by atoms with Crippen LogP contribution in [0.1, 0.15) is 40.0 Å². The monoisotopic (exact) mass is 214 g/mol.